The molecule has 3 N–H and O–H groups in total. The largest absolute Gasteiger partial charge is 0.312 e. The minimum absolute atomic E-state index is 0.0210. The number of nitrogens with one attached hydrogen (secondary N) is 1. The van der Waals surface area contributed by atoms with Crippen molar-refractivity contribution in [2.75, 3.05) is 32.4 Å². The molecule has 1 aliphatic rings. The molecule has 0 spiro atoms. The molecule has 78 valence electrons. The summed E-state index contributed by atoms with van der Waals surface area (Å²) in [5, 5.41) is 8.04. The molecule has 1 heterocycles. The van der Waals surface area contributed by atoms with Gasteiger partial charge in [0.05, 0.1) is 5.75 Å². The van der Waals surface area contributed by atoms with Crippen LogP contribution in [-0.2, 0) is 10.0 Å². The summed E-state index contributed by atoms with van der Waals surface area (Å²) in [6.45, 7) is 2.52. The lowest BCUT2D eigenvalue weighted by atomic mass is 10.3. The van der Waals surface area contributed by atoms with Crippen LogP contribution in [0.4, 0.5) is 0 Å². The standard InChI is InChI=1S/C7H17N3O2S/c1-10-4-2-7(6-10)9-3-5-13(8,11)12/h7,9H,2-6H2,1H3,(H2,8,11,12). The molecule has 1 fully saturated rings. The van der Waals surface area contributed by atoms with E-state index in [-0.39, 0.29) is 5.75 Å². The molecule has 0 bridgehead atoms. The average Bonchev–Trinajstić information content (AvgIpc) is 2.33. The van der Waals surface area contributed by atoms with Crippen molar-refractivity contribution in [3.63, 3.8) is 0 Å². The Morgan fingerprint density at radius 3 is 2.77 bits per heavy atom. The van der Waals surface area contributed by atoms with Crippen LogP contribution >= 0.6 is 0 Å². The Hall–Kier alpha value is -0.170. The number of likely N-dealkylation sites (N-methyl/N-ethyl adjacent to an activating group) is 1. The van der Waals surface area contributed by atoms with E-state index in [4.69, 9.17) is 5.14 Å². The first-order valence-electron chi connectivity index (χ1n) is 4.40. The van der Waals surface area contributed by atoms with Gasteiger partial charge < -0.3 is 10.2 Å². The van der Waals surface area contributed by atoms with E-state index in [1.807, 2.05) is 0 Å². The third-order valence-electron chi connectivity index (χ3n) is 2.21. The molecule has 0 aromatic heterocycles. The third-order valence-corrected chi connectivity index (χ3v) is 2.98. The minimum atomic E-state index is -3.31. The third kappa shape index (κ3) is 4.56. The molecule has 0 aromatic carbocycles. The monoisotopic (exact) mass is 207 g/mol. The van der Waals surface area contributed by atoms with Crippen molar-refractivity contribution in [2.24, 2.45) is 5.14 Å². The molecule has 0 aliphatic carbocycles. The van der Waals surface area contributed by atoms with Crippen molar-refractivity contribution in [3.05, 3.63) is 0 Å². The summed E-state index contributed by atoms with van der Waals surface area (Å²) in [6, 6.07) is 0.423. The van der Waals surface area contributed by atoms with Gasteiger partial charge in [-0.05, 0) is 20.0 Å². The minimum Gasteiger partial charge on any atom is -0.312 e. The van der Waals surface area contributed by atoms with Crippen molar-refractivity contribution < 1.29 is 8.42 Å². The van der Waals surface area contributed by atoms with Crippen LogP contribution < -0.4 is 10.5 Å². The molecular weight excluding hydrogens is 190 g/mol. The summed E-state index contributed by atoms with van der Waals surface area (Å²) < 4.78 is 21.2. The number of hydrogen-bond donors (Lipinski definition) is 2. The molecule has 0 saturated carbocycles. The Bertz CT molecular complexity index is 252. The van der Waals surface area contributed by atoms with Crippen LogP contribution in [-0.4, -0.2) is 51.8 Å². The fourth-order valence-electron chi connectivity index (χ4n) is 1.51. The van der Waals surface area contributed by atoms with Gasteiger partial charge in [-0.15, -0.1) is 0 Å². The van der Waals surface area contributed by atoms with Crippen molar-refractivity contribution >= 4 is 10.0 Å². The van der Waals surface area contributed by atoms with E-state index < -0.39 is 10.0 Å². The Morgan fingerprint density at radius 2 is 2.31 bits per heavy atom. The molecule has 5 nitrogen and oxygen atoms in total. The molecule has 1 unspecified atom stereocenters. The summed E-state index contributed by atoms with van der Waals surface area (Å²) in [4.78, 5) is 2.22. The summed E-state index contributed by atoms with van der Waals surface area (Å²) in [6.07, 6.45) is 1.08. The van der Waals surface area contributed by atoms with Gasteiger partial charge in [0, 0.05) is 19.1 Å². The van der Waals surface area contributed by atoms with E-state index in [1.165, 1.54) is 0 Å². The predicted molar refractivity (Wildman–Crippen MR) is 51.9 cm³/mol. The Morgan fingerprint density at radius 1 is 1.62 bits per heavy atom. The number of sulfonamides is 1. The Labute approximate surface area is 79.3 Å². The maximum Gasteiger partial charge on any atom is 0.210 e. The molecule has 0 amide bonds. The second kappa shape index (κ2) is 4.36. The highest BCUT2D eigenvalue weighted by Crippen LogP contribution is 2.05. The van der Waals surface area contributed by atoms with Crippen LogP contribution in [0, 0.1) is 0 Å². The fraction of sp³-hybridized carbons (Fsp3) is 1.00. The molecule has 0 radical (unpaired) electrons. The van der Waals surface area contributed by atoms with Crippen LogP contribution in [0.15, 0.2) is 0 Å². The van der Waals surface area contributed by atoms with E-state index in [9.17, 15) is 8.42 Å². The van der Waals surface area contributed by atoms with Gasteiger partial charge in [0.2, 0.25) is 10.0 Å². The summed E-state index contributed by atoms with van der Waals surface area (Å²) in [7, 11) is -1.25. The first-order valence-corrected chi connectivity index (χ1v) is 6.11. The SMILES string of the molecule is CN1CCC(NCCS(N)(=O)=O)C1. The number of primary sulfonamides is 1. The zero-order valence-electron chi connectivity index (χ0n) is 7.86. The average molecular weight is 207 g/mol. The molecular formula is C7H17N3O2S. The lowest BCUT2D eigenvalue weighted by Crippen LogP contribution is -2.36. The maximum atomic E-state index is 10.6. The second-order valence-electron chi connectivity index (χ2n) is 3.57. The second-order valence-corrected chi connectivity index (χ2v) is 5.30. The molecule has 0 aromatic rings. The number of nitrogens with zero attached hydrogens (tertiary/aromatic N) is 1. The number of nitrogens with two attached hydrogens (primary N) is 1. The van der Waals surface area contributed by atoms with Crippen molar-refractivity contribution in [1.82, 2.24) is 10.2 Å². The molecule has 1 rings (SSSR count). The van der Waals surface area contributed by atoms with Crippen LogP contribution in [0.25, 0.3) is 0 Å². The molecule has 1 atom stereocenters. The van der Waals surface area contributed by atoms with Crippen LogP contribution in [0.5, 0.6) is 0 Å². The van der Waals surface area contributed by atoms with E-state index in [1.54, 1.807) is 0 Å². The molecule has 1 saturated heterocycles. The van der Waals surface area contributed by atoms with Crippen molar-refractivity contribution in [3.8, 4) is 0 Å². The van der Waals surface area contributed by atoms with Gasteiger partial charge in [0.15, 0.2) is 0 Å². The van der Waals surface area contributed by atoms with Gasteiger partial charge in [0.25, 0.3) is 0 Å². The van der Waals surface area contributed by atoms with Crippen LogP contribution in [0.3, 0.4) is 0 Å². The lowest BCUT2D eigenvalue weighted by Gasteiger charge is -2.11. The van der Waals surface area contributed by atoms with E-state index >= 15 is 0 Å². The summed E-state index contributed by atoms with van der Waals surface area (Å²) in [5.41, 5.74) is 0. The van der Waals surface area contributed by atoms with Crippen LogP contribution in [0.1, 0.15) is 6.42 Å². The van der Waals surface area contributed by atoms with E-state index in [0.29, 0.717) is 12.6 Å². The highest BCUT2D eigenvalue weighted by molar-refractivity contribution is 7.89. The number of rotatable bonds is 4. The summed E-state index contributed by atoms with van der Waals surface area (Å²) >= 11 is 0. The van der Waals surface area contributed by atoms with E-state index in [0.717, 1.165) is 19.5 Å². The molecule has 1 aliphatic heterocycles. The van der Waals surface area contributed by atoms with Gasteiger partial charge >= 0.3 is 0 Å². The zero-order valence-corrected chi connectivity index (χ0v) is 8.68. The zero-order chi connectivity index (χ0) is 9.90. The van der Waals surface area contributed by atoms with Crippen molar-refractivity contribution in [2.45, 2.75) is 12.5 Å². The molecule has 6 heteroatoms. The first kappa shape index (κ1) is 10.9. The quantitative estimate of drug-likeness (QED) is 0.592. The smallest absolute Gasteiger partial charge is 0.210 e. The maximum absolute atomic E-state index is 10.6. The topological polar surface area (TPSA) is 75.4 Å². The predicted octanol–water partition coefficient (Wildman–Crippen LogP) is -1.43. The fourth-order valence-corrected chi connectivity index (χ4v) is 1.91. The van der Waals surface area contributed by atoms with Gasteiger partial charge in [0.1, 0.15) is 0 Å². The normalized spacial score (nSPS) is 25.2. The highest BCUT2D eigenvalue weighted by Gasteiger charge is 2.18. The van der Waals surface area contributed by atoms with Crippen molar-refractivity contribution in [1.29, 1.82) is 0 Å². The van der Waals surface area contributed by atoms with Crippen LogP contribution in [0.2, 0.25) is 0 Å². The van der Waals surface area contributed by atoms with Gasteiger partial charge in [-0.3, -0.25) is 0 Å². The lowest BCUT2D eigenvalue weighted by molar-refractivity contribution is 0.400. The number of hydrogen-bond acceptors (Lipinski definition) is 4. The highest BCUT2D eigenvalue weighted by atomic mass is 32.2. The first-order chi connectivity index (χ1) is 5.97. The van der Waals surface area contributed by atoms with E-state index in [2.05, 4.69) is 17.3 Å². The molecule has 13 heavy (non-hydrogen) atoms. The van der Waals surface area contributed by atoms with Gasteiger partial charge in [-0.2, -0.15) is 0 Å². The Balaban J connectivity index is 2.14. The number of likely N-dealkylation sites (tertiary alicyclic amines) is 1. The van der Waals surface area contributed by atoms with Gasteiger partial charge in [-0.1, -0.05) is 0 Å². The summed E-state index contributed by atoms with van der Waals surface area (Å²) in [5.74, 6) is 0.0210. The van der Waals surface area contributed by atoms with Gasteiger partial charge in [-0.25, -0.2) is 13.6 Å². The Kier molecular flexibility index (Phi) is 3.66.